The molecular formula is C21H23N3O2S2. The summed E-state index contributed by atoms with van der Waals surface area (Å²) in [7, 11) is 3.48. The van der Waals surface area contributed by atoms with Crippen LogP contribution in [0.4, 0.5) is 0 Å². The van der Waals surface area contributed by atoms with Crippen molar-refractivity contribution in [2.24, 2.45) is 0 Å². The summed E-state index contributed by atoms with van der Waals surface area (Å²) in [5, 5.41) is 1.41. The van der Waals surface area contributed by atoms with Crippen LogP contribution in [0, 0.1) is 0 Å². The van der Waals surface area contributed by atoms with Gasteiger partial charge in [0.1, 0.15) is 4.83 Å². The maximum atomic E-state index is 13.5. The van der Waals surface area contributed by atoms with Gasteiger partial charge in [-0.15, -0.1) is 11.3 Å². The van der Waals surface area contributed by atoms with Gasteiger partial charge in [0.15, 0.2) is 5.16 Å². The highest BCUT2D eigenvalue weighted by atomic mass is 32.2. The normalized spacial score (nSPS) is 13.5. The first-order valence-corrected chi connectivity index (χ1v) is 11.3. The van der Waals surface area contributed by atoms with Crippen LogP contribution in [0.3, 0.4) is 0 Å². The molecule has 28 heavy (non-hydrogen) atoms. The van der Waals surface area contributed by atoms with Gasteiger partial charge in [0.25, 0.3) is 5.56 Å². The van der Waals surface area contributed by atoms with Crippen LogP contribution >= 0.6 is 23.1 Å². The Balaban J connectivity index is 1.81. The van der Waals surface area contributed by atoms with Crippen LogP contribution < -0.4 is 5.56 Å². The Kier molecular flexibility index (Phi) is 5.55. The van der Waals surface area contributed by atoms with Gasteiger partial charge in [0.05, 0.1) is 17.7 Å². The summed E-state index contributed by atoms with van der Waals surface area (Å²) in [6.45, 7) is 0.464. The second-order valence-corrected chi connectivity index (χ2v) is 9.27. The van der Waals surface area contributed by atoms with Gasteiger partial charge < -0.3 is 4.90 Å². The second kappa shape index (κ2) is 8.09. The summed E-state index contributed by atoms with van der Waals surface area (Å²) in [6.07, 6.45) is 4.31. The molecule has 1 aliphatic rings. The highest BCUT2D eigenvalue weighted by Crippen LogP contribution is 2.34. The predicted octanol–water partition coefficient (Wildman–Crippen LogP) is 3.57. The molecule has 7 heteroatoms. The molecule has 0 saturated carbocycles. The van der Waals surface area contributed by atoms with E-state index in [1.807, 2.05) is 30.3 Å². The van der Waals surface area contributed by atoms with E-state index in [-0.39, 0.29) is 17.2 Å². The lowest BCUT2D eigenvalue weighted by Crippen LogP contribution is -2.26. The highest BCUT2D eigenvalue weighted by molar-refractivity contribution is 7.99. The molecule has 0 radical (unpaired) electrons. The van der Waals surface area contributed by atoms with Crippen molar-refractivity contribution in [1.82, 2.24) is 14.5 Å². The molecule has 4 rings (SSSR count). The maximum absolute atomic E-state index is 13.5. The summed E-state index contributed by atoms with van der Waals surface area (Å²) < 4.78 is 1.74. The number of carbonyl (C=O) groups excluding carboxylic acids is 1. The van der Waals surface area contributed by atoms with E-state index in [4.69, 9.17) is 4.98 Å². The van der Waals surface area contributed by atoms with Crippen LogP contribution in [0.1, 0.15) is 28.8 Å². The smallest absolute Gasteiger partial charge is 0.263 e. The maximum Gasteiger partial charge on any atom is 0.263 e. The van der Waals surface area contributed by atoms with E-state index in [0.29, 0.717) is 11.7 Å². The topological polar surface area (TPSA) is 55.2 Å². The molecular weight excluding hydrogens is 390 g/mol. The molecule has 0 fully saturated rings. The van der Waals surface area contributed by atoms with E-state index < -0.39 is 0 Å². The highest BCUT2D eigenvalue weighted by Gasteiger charge is 2.22. The first kappa shape index (κ1) is 19.2. The fraction of sp³-hybridized carbons (Fsp3) is 0.381. The monoisotopic (exact) mass is 413 g/mol. The number of amides is 1. The van der Waals surface area contributed by atoms with Crippen molar-refractivity contribution in [3.05, 3.63) is 56.7 Å². The van der Waals surface area contributed by atoms with Crippen LogP contribution in [-0.4, -0.2) is 40.2 Å². The minimum absolute atomic E-state index is 0.0103. The number of nitrogens with zero attached hydrogens (tertiary/aromatic N) is 3. The van der Waals surface area contributed by atoms with Gasteiger partial charge in [0, 0.05) is 19.0 Å². The van der Waals surface area contributed by atoms with Crippen LogP contribution in [0.5, 0.6) is 0 Å². The minimum Gasteiger partial charge on any atom is -0.348 e. The molecule has 0 aliphatic heterocycles. The molecule has 0 spiro atoms. The lowest BCUT2D eigenvalue weighted by molar-refractivity contribution is -0.125. The summed E-state index contributed by atoms with van der Waals surface area (Å²) in [6, 6.07) is 9.94. The molecule has 1 aliphatic carbocycles. The van der Waals surface area contributed by atoms with Gasteiger partial charge in [-0.1, -0.05) is 42.1 Å². The molecule has 0 bridgehead atoms. The third-order valence-electron chi connectivity index (χ3n) is 5.05. The number of hydrogen-bond donors (Lipinski definition) is 0. The van der Waals surface area contributed by atoms with Crippen LogP contribution in [0.15, 0.2) is 40.3 Å². The summed E-state index contributed by atoms with van der Waals surface area (Å²) in [5.41, 5.74) is 2.27. The SMILES string of the molecule is CN(C)C(=O)CSc1nc2sc3c(c2c(=O)n1Cc1ccccc1)CCCC3. The van der Waals surface area contributed by atoms with Gasteiger partial charge in [-0.2, -0.15) is 0 Å². The van der Waals surface area contributed by atoms with E-state index >= 15 is 0 Å². The zero-order valence-electron chi connectivity index (χ0n) is 16.1. The molecule has 146 valence electrons. The summed E-state index contributed by atoms with van der Waals surface area (Å²) >= 11 is 3.00. The molecule has 1 amide bonds. The first-order valence-electron chi connectivity index (χ1n) is 9.46. The molecule has 0 unspecified atom stereocenters. The third-order valence-corrected chi connectivity index (χ3v) is 7.19. The second-order valence-electron chi connectivity index (χ2n) is 7.24. The molecule has 1 aromatic carbocycles. The molecule has 0 atom stereocenters. The minimum atomic E-state index is 0.0103. The van der Waals surface area contributed by atoms with Gasteiger partial charge in [-0.3, -0.25) is 14.2 Å². The Hall–Kier alpha value is -2.12. The van der Waals surface area contributed by atoms with Gasteiger partial charge >= 0.3 is 0 Å². The van der Waals surface area contributed by atoms with Crippen LogP contribution in [0.2, 0.25) is 0 Å². The number of aromatic nitrogens is 2. The number of carbonyl (C=O) groups is 1. The Morgan fingerprint density at radius 1 is 1.21 bits per heavy atom. The standard InChI is InChI=1S/C21H23N3O2S2/c1-23(2)17(25)13-27-21-22-19-18(15-10-6-7-11-16(15)28-19)20(26)24(21)12-14-8-4-3-5-9-14/h3-5,8-9H,6-7,10-13H2,1-2H3. The Morgan fingerprint density at radius 3 is 2.71 bits per heavy atom. The zero-order chi connectivity index (χ0) is 19.7. The quantitative estimate of drug-likeness (QED) is 0.474. The van der Waals surface area contributed by atoms with Gasteiger partial charge in [-0.25, -0.2) is 4.98 Å². The van der Waals surface area contributed by atoms with Crippen molar-refractivity contribution in [2.45, 2.75) is 37.4 Å². The van der Waals surface area contributed by atoms with Crippen molar-refractivity contribution in [3.63, 3.8) is 0 Å². The Labute approximate surface area is 172 Å². The van der Waals surface area contributed by atoms with Crippen LogP contribution in [0.25, 0.3) is 10.2 Å². The lowest BCUT2D eigenvalue weighted by Gasteiger charge is -2.14. The number of aryl methyl sites for hydroxylation is 2. The predicted molar refractivity (Wildman–Crippen MR) is 115 cm³/mol. The van der Waals surface area contributed by atoms with E-state index in [0.717, 1.165) is 35.0 Å². The van der Waals surface area contributed by atoms with Crippen molar-refractivity contribution in [3.8, 4) is 0 Å². The molecule has 2 aromatic heterocycles. The lowest BCUT2D eigenvalue weighted by atomic mass is 9.97. The van der Waals surface area contributed by atoms with Crippen molar-refractivity contribution >= 4 is 39.2 Å². The number of thiophene rings is 1. The largest absolute Gasteiger partial charge is 0.348 e. The average Bonchev–Trinajstić information content (AvgIpc) is 3.07. The molecule has 2 heterocycles. The molecule has 3 aromatic rings. The molecule has 5 nitrogen and oxygen atoms in total. The van der Waals surface area contributed by atoms with Gasteiger partial charge in [-0.05, 0) is 36.8 Å². The fourth-order valence-electron chi connectivity index (χ4n) is 3.49. The summed E-state index contributed by atoms with van der Waals surface area (Å²) in [4.78, 5) is 34.1. The fourth-order valence-corrected chi connectivity index (χ4v) is 5.77. The van der Waals surface area contributed by atoms with Crippen molar-refractivity contribution < 1.29 is 4.79 Å². The number of hydrogen-bond acceptors (Lipinski definition) is 5. The third kappa shape index (κ3) is 3.73. The summed E-state index contributed by atoms with van der Waals surface area (Å²) in [5.74, 6) is 0.279. The van der Waals surface area contributed by atoms with Crippen molar-refractivity contribution in [2.75, 3.05) is 19.8 Å². The van der Waals surface area contributed by atoms with Crippen LogP contribution in [-0.2, 0) is 24.2 Å². The first-order chi connectivity index (χ1) is 13.5. The number of rotatable bonds is 5. The molecule has 0 saturated heterocycles. The van der Waals surface area contributed by atoms with E-state index in [1.165, 1.54) is 28.6 Å². The van der Waals surface area contributed by atoms with E-state index in [2.05, 4.69) is 0 Å². The van der Waals surface area contributed by atoms with Gasteiger partial charge in [0.2, 0.25) is 5.91 Å². The van der Waals surface area contributed by atoms with Crippen molar-refractivity contribution in [1.29, 1.82) is 0 Å². The Morgan fingerprint density at radius 2 is 1.96 bits per heavy atom. The number of thioether (sulfide) groups is 1. The average molecular weight is 414 g/mol. The molecule has 0 N–H and O–H groups in total. The zero-order valence-corrected chi connectivity index (χ0v) is 17.7. The van der Waals surface area contributed by atoms with E-state index in [1.54, 1.807) is 34.9 Å². The Bertz CT molecular complexity index is 1070. The number of benzene rings is 1. The van der Waals surface area contributed by atoms with E-state index in [9.17, 15) is 9.59 Å². The number of fused-ring (bicyclic) bond motifs is 3.